The molecular weight excluding hydrogens is 358 g/mol. The topological polar surface area (TPSA) is 60.0 Å². The van der Waals surface area contributed by atoms with Gasteiger partial charge in [-0.25, -0.2) is 0 Å². The zero-order valence-electron chi connectivity index (χ0n) is 15.4. The number of hydrogen-bond donors (Lipinski definition) is 1. The zero-order valence-corrected chi connectivity index (χ0v) is 15.4. The number of hydrogen-bond acceptors (Lipinski definition) is 5. The average molecular weight is 380 g/mol. The van der Waals surface area contributed by atoms with Gasteiger partial charge in [0.25, 0.3) is 5.91 Å². The molecule has 0 aliphatic rings. The van der Waals surface area contributed by atoms with E-state index in [1.54, 1.807) is 24.3 Å². The van der Waals surface area contributed by atoms with Crippen LogP contribution in [0.25, 0.3) is 0 Å². The number of nitrogens with one attached hydrogen (secondary N) is 1. The van der Waals surface area contributed by atoms with Crippen LogP contribution in [0.1, 0.15) is 10.4 Å². The Bertz CT molecular complexity index is 769. The van der Waals surface area contributed by atoms with Crippen molar-refractivity contribution in [2.45, 2.75) is 6.61 Å². The Hall–Kier alpha value is -2.87. The summed E-state index contributed by atoms with van der Waals surface area (Å²) < 4.78 is 40.2. The van der Waals surface area contributed by atoms with E-state index in [4.69, 9.17) is 9.47 Å². The quantitative estimate of drug-likeness (QED) is 0.722. The molecule has 0 aromatic heterocycles. The third-order valence-corrected chi connectivity index (χ3v) is 3.57. The largest absolute Gasteiger partial charge is 0.493 e. The normalized spacial score (nSPS) is 10.8. The Morgan fingerprint density at radius 3 is 2.52 bits per heavy atom. The van der Waals surface area contributed by atoms with Gasteiger partial charge in [0.05, 0.1) is 12.7 Å². The highest BCUT2D eigenvalue weighted by Gasteiger charge is 2.15. The maximum atomic E-state index is 12.6. The van der Waals surface area contributed by atoms with E-state index in [9.17, 15) is 13.6 Å². The predicted molar refractivity (Wildman–Crippen MR) is 98.1 cm³/mol. The SMILES string of the molecule is COc1ccc(NC(=O)c2ccccc2OCCN(C)C)cc1OC(F)F. The lowest BCUT2D eigenvalue weighted by Gasteiger charge is -2.15. The molecule has 0 aliphatic carbocycles. The highest BCUT2D eigenvalue weighted by molar-refractivity contribution is 6.06. The molecule has 0 fully saturated rings. The van der Waals surface area contributed by atoms with Crippen molar-refractivity contribution in [3.05, 3.63) is 48.0 Å². The number of methoxy groups -OCH3 is 1. The van der Waals surface area contributed by atoms with E-state index in [-0.39, 0.29) is 11.5 Å². The monoisotopic (exact) mass is 380 g/mol. The van der Waals surface area contributed by atoms with Gasteiger partial charge in [0, 0.05) is 18.3 Å². The first-order valence-corrected chi connectivity index (χ1v) is 8.21. The second-order valence-corrected chi connectivity index (χ2v) is 5.85. The second-order valence-electron chi connectivity index (χ2n) is 5.85. The summed E-state index contributed by atoms with van der Waals surface area (Å²) in [5.74, 6) is -0.0143. The van der Waals surface area contributed by atoms with Crippen LogP contribution in [0.4, 0.5) is 14.5 Å². The lowest BCUT2D eigenvalue weighted by Crippen LogP contribution is -2.20. The fourth-order valence-electron chi connectivity index (χ4n) is 2.26. The third-order valence-electron chi connectivity index (χ3n) is 3.57. The van der Waals surface area contributed by atoms with Crippen molar-refractivity contribution in [3.63, 3.8) is 0 Å². The number of anilines is 1. The summed E-state index contributed by atoms with van der Waals surface area (Å²) in [7, 11) is 5.18. The van der Waals surface area contributed by atoms with Gasteiger partial charge >= 0.3 is 6.61 Å². The number of halogens is 2. The molecule has 8 heteroatoms. The first kappa shape index (κ1) is 20.4. The number of carbonyl (C=O) groups is 1. The van der Waals surface area contributed by atoms with Crippen LogP contribution < -0.4 is 19.5 Å². The van der Waals surface area contributed by atoms with E-state index in [0.29, 0.717) is 30.2 Å². The van der Waals surface area contributed by atoms with Crippen molar-refractivity contribution in [1.82, 2.24) is 4.90 Å². The third kappa shape index (κ3) is 6.10. The number of rotatable bonds is 9. The average Bonchev–Trinajstić information content (AvgIpc) is 2.61. The van der Waals surface area contributed by atoms with Crippen LogP contribution in [0.3, 0.4) is 0 Å². The fraction of sp³-hybridized carbons (Fsp3) is 0.316. The Morgan fingerprint density at radius 1 is 1.11 bits per heavy atom. The summed E-state index contributed by atoms with van der Waals surface area (Å²) in [5, 5.41) is 2.65. The standard InChI is InChI=1S/C19H22F2N2O4/c1-23(2)10-11-26-15-7-5-4-6-14(15)18(24)22-13-8-9-16(25-3)17(12-13)27-19(20)21/h4-9,12,19H,10-11H2,1-3H3,(H,22,24). The minimum Gasteiger partial charge on any atom is -0.493 e. The molecule has 0 radical (unpaired) electrons. The zero-order chi connectivity index (χ0) is 19.8. The van der Waals surface area contributed by atoms with Gasteiger partial charge in [-0.3, -0.25) is 4.79 Å². The van der Waals surface area contributed by atoms with Crippen LogP contribution in [0.5, 0.6) is 17.2 Å². The van der Waals surface area contributed by atoms with Crippen molar-refractivity contribution in [2.75, 3.05) is 39.7 Å². The second kappa shape index (κ2) is 9.72. The number of benzene rings is 2. The molecular formula is C19H22F2N2O4. The van der Waals surface area contributed by atoms with Gasteiger partial charge in [-0.05, 0) is 38.4 Å². The van der Waals surface area contributed by atoms with Gasteiger partial charge in [0.1, 0.15) is 12.4 Å². The Kier molecular flexibility index (Phi) is 7.36. The van der Waals surface area contributed by atoms with Gasteiger partial charge < -0.3 is 24.4 Å². The van der Waals surface area contributed by atoms with Crippen LogP contribution in [0.2, 0.25) is 0 Å². The predicted octanol–water partition coefficient (Wildman–Crippen LogP) is 3.49. The van der Waals surface area contributed by atoms with Crippen LogP contribution in [0, 0.1) is 0 Å². The highest BCUT2D eigenvalue weighted by Crippen LogP contribution is 2.32. The molecule has 2 rings (SSSR count). The van der Waals surface area contributed by atoms with E-state index in [1.807, 2.05) is 19.0 Å². The first-order valence-electron chi connectivity index (χ1n) is 8.21. The summed E-state index contributed by atoms with van der Waals surface area (Å²) in [4.78, 5) is 14.6. The summed E-state index contributed by atoms with van der Waals surface area (Å²) >= 11 is 0. The number of carbonyl (C=O) groups excluding carboxylic acids is 1. The molecule has 0 atom stereocenters. The molecule has 6 nitrogen and oxygen atoms in total. The number of ether oxygens (including phenoxy) is 3. The maximum absolute atomic E-state index is 12.6. The molecule has 2 aromatic carbocycles. The summed E-state index contributed by atoms with van der Waals surface area (Å²) in [6.07, 6.45) is 0. The van der Waals surface area contributed by atoms with Crippen molar-refractivity contribution in [1.29, 1.82) is 0 Å². The lowest BCUT2D eigenvalue weighted by atomic mass is 10.1. The molecule has 146 valence electrons. The Labute approximate surface area is 156 Å². The van der Waals surface area contributed by atoms with Gasteiger partial charge in [0.15, 0.2) is 11.5 Å². The van der Waals surface area contributed by atoms with Crippen LogP contribution in [0.15, 0.2) is 42.5 Å². The van der Waals surface area contributed by atoms with Gasteiger partial charge in [-0.2, -0.15) is 8.78 Å². The van der Waals surface area contributed by atoms with Crippen LogP contribution >= 0.6 is 0 Å². The maximum Gasteiger partial charge on any atom is 0.387 e. The molecule has 0 unspecified atom stereocenters. The van der Waals surface area contributed by atoms with Crippen molar-refractivity contribution in [2.24, 2.45) is 0 Å². The van der Waals surface area contributed by atoms with Crippen LogP contribution in [-0.4, -0.2) is 51.8 Å². The van der Waals surface area contributed by atoms with E-state index in [2.05, 4.69) is 10.1 Å². The van der Waals surface area contributed by atoms with E-state index in [1.165, 1.54) is 25.3 Å². The number of alkyl halides is 2. The van der Waals surface area contributed by atoms with E-state index >= 15 is 0 Å². The molecule has 1 N–H and O–H groups in total. The smallest absolute Gasteiger partial charge is 0.387 e. The van der Waals surface area contributed by atoms with Crippen molar-refractivity contribution >= 4 is 11.6 Å². The number of para-hydroxylation sites is 1. The molecule has 1 amide bonds. The summed E-state index contributed by atoms with van der Waals surface area (Å²) in [6, 6.07) is 11.1. The molecule has 0 bridgehead atoms. The minimum absolute atomic E-state index is 0.140. The van der Waals surface area contributed by atoms with Crippen molar-refractivity contribution < 1.29 is 27.8 Å². The van der Waals surface area contributed by atoms with Crippen LogP contribution in [-0.2, 0) is 0 Å². The molecule has 0 spiro atoms. The molecule has 0 saturated heterocycles. The van der Waals surface area contributed by atoms with Crippen molar-refractivity contribution in [3.8, 4) is 17.2 Å². The van der Waals surface area contributed by atoms with Gasteiger partial charge in [-0.15, -0.1) is 0 Å². The molecule has 27 heavy (non-hydrogen) atoms. The van der Waals surface area contributed by atoms with Gasteiger partial charge in [-0.1, -0.05) is 12.1 Å². The number of amides is 1. The number of nitrogens with zero attached hydrogens (tertiary/aromatic N) is 1. The number of likely N-dealkylation sites (N-methyl/N-ethyl adjacent to an activating group) is 1. The first-order chi connectivity index (χ1) is 12.9. The van der Waals surface area contributed by atoms with E-state index in [0.717, 1.165) is 0 Å². The highest BCUT2D eigenvalue weighted by atomic mass is 19.3. The minimum atomic E-state index is -3.00. The molecule has 0 aliphatic heterocycles. The van der Waals surface area contributed by atoms with Gasteiger partial charge in [0.2, 0.25) is 0 Å². The Morgan fingerprint density at radius 2 is 1.85 bits per heavy atom. The lowest BCUT2D eigenvalue weighted by molar-refractivity contribution is -0.0511. The summed E-state index contributed by atoms with van der Waals surface area (Å²) in [6.45, 7) is -1.88. The fourth-order valence-corrected chi connectivity index (χ4v) is 2.26. The summed E-state index contributed by atoms with van der Waals surface area (Å²) in [5.41, 5.74) is 0.628. The Balaban J connectivity index is 2.15. The molecule has 0 heterocycles. The van der Waals surface area contributed by atoms with E-state index < -0.39 is 12.5 Å². The molecule has 2 aromatic rings. The molecule has 0 saturated carbocycles.